The molecule has 0 radical (unpaired) electrons. The summed E-state index contributed by atoms with van der Waals surface area (Å²) >= 11 is 5.00. The standard InChI is InChI=1S/C15H16BrN3OS/c1-9-6-10(2-3-12(9)16)7-11-8-18-14(21-11)19-13(20)15(17)4-5-15/h2-3,6,8H,4-5,7,17H2,1H3,(H,18,19,20). The molecule has 6 heteroatoms. The van der Waals surface area contributed by atoms with E-state index in [4.69, 9.17) is 5.73 Å². The maximum Gasteiger partial charge on any atom is 0.246 e. The third-order valence-corrected chi connectivity index (χ3v) is 5.42. The number of amides is 1. The molecule has 0 aliphatic heterocycles. The molecule has 0 spiro atoms. The summed E-state index contributed by atoms with van der Waals surface area (Å²) in [6, 6.07) is 6.30. The number of benzene rings is 1. The summed E-state index contributed by atoms with van der Waals surface area (Å²) in [4.78, 5) is 17.2. The number of rotatable bonds is 4. The summed E-state index contributed by atoms with van der Waals surface area (Å²) in [5.74, 6) is -0.122. The molecule has 1 heterocycles. The average molecular weight is 366 g/mol. The van der Waals surface area contributed by atoms with Gasteiger partial charge in [0.1, 0.15) is 0 Å². The molecule has 1 fully saturated rings. The van der Waals surface area contributed by atoms with Crippen LogP contribution < -0.4 is 11.1 Å². The Hall–Kier alpha value is -1.24. The molecular formula is C15H16BrN3OS. The number of thiazole rings is 1. The van der Waals surface area contributed by atoms with Crippen LogP contribution in [-0.2, 0) is 11.2 Å². The molecule has 1 saturated carbocycles. The maximum atomic E-state index is 11.9. The van der Waals surface area contributed by atoms with Gasteiger partial charge in [0.2, 0.25) is 5.91 Å². The first-order valence-corrected chi connectivity index (χ1v) is 8.37. The normalized spacial score (nSPS) is 15.8. The number of nitrogens with one attached hydrogen (secondary N) is 1. The van der Waals surface area contributed by atoms with E-state index in [1.807, 2.05) is 6.20 Å². The summed E-state index contributed by atoms with van der Waals surface area (Å²) in [7, 11) is 0. The van der Waals surface area contributed by atoms with Crippen molar-refractivity contribution in [3.8, 4) is 0 Å². The van der Waals surface area contributed by atoms with Gasteiger partial charge in [0.15, 0.2) is 5.13 Å². The zero-order chi connectivity index (χ0) is 15.0. The lowest BCUT2D eigenvalue weighted by Gasteiger charge is -2.06. The summed E-state index contributed by atoms with van der Waals surface area (Å²) in [6.45, 7) is 2.07. The first kappa shape index (κ1) is 14.7. The highest BCUT2D eigenvalue weighted by atomic mass is 79.9. The van der Waals surface area contributed by atoms with Gasteiger partial charge in [0, 0.05) is 22.0 Å². The fraction of sp³-hybridized carbons (Fsp3) is 0.333. The number of carbonyl (C=O) groups excluding carboxylic acids is 1. The predicted octanol–water partition coefficient (Wildman–Crippen LogP) is 3.23. The number of nitrogens with zero attached hydrogens (tertiary/aromatic N) is 1. The minimum atomic E-state index is -0.658. The van der Waals surface area contributed by atoms with Gasteiger partial charge in [-0.15, -0.1) is 11.3 Å². The van der Waals surface area contributed by atoms with Gasteiger partial charge in [-0.1, -0.05) is 28.1 Å². The van der Waals surface area contributed by atoms with Crippen LogP contribution in [0, 0.1) is 6.92 Å². The van der Waals surface area contributed by atoms with Crippen LogP contribution in [0.5, 0.6) is 0 Å². The van der Waals surface area contributed by atoms with Crippen molar-refractivity contribution < 1.29 is 4.79 Å². The second kappa shape index (κ2) is 5.51. The van der Waals surface area contributed by atoms with Crippen LogP contribution >= 0.6 is 27.3 Å². The number of nitrogens with two attached hydrogens (primary N) is 1. The van der Waals surface area contributed by atoms with Crippen molar-refractivity contribution >= 4 is 38.3 Å². The van der Waals surface area contributed by atoms with E-state index < -0.39 is 5.54 Å². The lowest BCUT2D eigenvalue weighted by molar-refractivity contribution is -0.118. The molecule has 0 atom stereocenters. The minimum absolute atomic E-state index is 0.122. The SMILES string of the molecule is Cc1cc(Cc2cnc(NC(=O)C3(N)CC3)s2)ccc1Br. The Balaban J connectivity index is 1.67. The molecule has 1 aromatic carbocycles. The van der Waals surface area contributed by atoms with Crippen molar-refractivity contribution in [1.82, 2.24) is 4.98 Å². The minimum Gasteiger partial charge on any atom is -0.317 e. The van der Waals surface area contributed by atoms with Crippen molar-refractivity contribution in [2.45, 2.75) is 31.7 Å². The Kier molecular flexibility index (Phi) is 3.86. The Bertz CT molecular complexity index is 694. The molecule has 1 aliphatic rings. The summed E-state index contributed by atoms with van der Waals surface area (Å²) in [5.41, 5.74) is 7.64. The van der Waals surface area contributed by atoms with Gasteiger partial charge in [-0.25, -0.2) is 4.98 Å². The zero-order valence-corrected chi connectivity index (χ0v) is 14.1. The molecule has 0 bridgehead atoms. The lowest BCUT2D eigenvalue weighted by atomic mass is 10.1. The van der Waals surface area contributed by atoms with E-state index in [2.05, 4.69) is 51.4 Å². The first-order valence-electron chi connectivity index (χ1n) is 6.76. The molecule has 2 aromatic rings. The largest absolute Gasteiger partial charge is 0.317 e. The van der Waals surface area contributed by atoms with Crippen LogP contribution in [0.25, 0.3) is 0 Å². The number of carbonyl (C=O) groups is 1. The van der Waals surface area contributed by atoms with Crippen LogP contribution in [0.15, 0.2) is 28.9 Å². The molecule has 21 heavy (non-hydrogen) atoms. The number of aromatic nitrogens is 1. The number of anilines is 1. The second-order valence-corrected chi connectivity index (χ2v) is 7.47. The molecule has 0 unspecified atom stereocenters. The third-order valence-electron chi connectivity index (χ3n) is 3.62. The van der Waals surface area contributed by atoms with E-state index in [0.717, 1.165) is 28.6 Å². The van der Waals surface area contributed by atoms with Crippen molar-refractivity contribution in [2.75, 3.05) is 5.32 Å². The third kappa shape index (κ3) is 3.33. The molecule has 1 aromatic heterocycles. The van der Waals surface area contributed by atoms with Gasteiger partial charge in [0.05, 0.1) is 5.54 Å². The second-order valence-electron chi connectivity index (χ2n) is 5.50. The monoisotopic (exact) mass is 365 g/mol. The van der Waals surface area contributed by atoms with Crippen molar-refractivity contribution in [2.24, 2.45) is 5.73 Å². The molecule has 110 valence electrons. The van der Waals surface area contributed by atoms with E-state index in [0.29, 0.717) is 5.13 Å². The smallest absolute Gasteiger partial charge is 0.246 e. The highest BCUT2D eigenvalue weighted by Gasteiger charge is 2.46. The number of halogens is 1. The number of hydrogen-bond donors (Lipinski definition) is 2. The Morgan fingerprint density at radius 3 is 2.95 bits per heavy atom. The van der Waals surface area contributed by atoms with E-state index in [9.17, 15) is 4.79 Å². The summed E-state index contributed by atoms with van der Waals surface area (Å²) < 4.78 is 1.11. The Labute approximate surface area is 135 Å². The highest BCUT2D eigenvalue weighted by Crippen LogP contribution is 2.34. The Morgan fingerprint density at radius 2 is 2.29 bits per heavy atom. The highest BCUT2D eigenvalue weighted by molar-refractivity contribution is 9.10. The zero-order valence-electron chi connectivity index (χ0n) is 11.6. The fourth-order valence-electron chi connectivity index (χ4n) is 2.05. The number of aryl methyl sites for hydroxylation is 1. The molecule has 0 saturated heterocycles. The van der Waals surface area contributed by atoms with Crippen LogP contribution in [0.1, 0.15) is 28.8 Å². The Morgan fingerprint density at radius 1 is 1.52 bits per heavy atom. The van der Waals surface area contributed by atoms with Crippen molar-refractivity contribution in [1.29, 1.82) is 0 Å². The van der Waals surface area contributed by atoms with Crippen LogP contribution in [0.3, 0.4) is 0 Å². The lowest BCUT2D eigenvalue weighted by Crippen LogP contribution is -2.37. The predicted molar refractivity (Wildman–Crippen MR) is 88.6 cm³/mol. The van der Waals surface area contributed by atoms with Crippen molar-refractivity contribution in [3.05, 3.63) is 44.9 Å². The van der Waals surface area contributed by atoms with E-state index >= 15 is 0 Å². The van der Waals surface area contributed by atoms with Crippen LogP contribution in [0.4, 0.5) is 5.13 Å². The van der Waals surface area contributed by atoms with Gasteiger partial charge in [-0.3, -0.25) is 4.79 Å². The van der Waals surface area contributed by atoms with Crippen LogP contribution in [-0.4, -0.2) is 16.4 Å². The van der Waals surface area contributed by atoms with Gasteiger partial charge in [0.25, 0.3) is 0 Å². The van der Waals surface area contributed by atoms with E-state index in [1.54, 1.807) is 0 Å². The molecule has 3 rings (SSSR count). The summed E-state index contributed by atoms with van der Waals surface area (Å²) in [5, 5.41) is 3.43. The van der Waals surface area contributed by atoms with Gasteiger partial charge in [-0.05, 0) is 37.0 Å². The molecule has 1 amide bonds. The number of hydrogen-bond acceptors (Lipinski definition) is 4. The molecule has 1 aliphatic carbocycles. The molecule has 4 nitrogen and oxygen atoms in total. The fourth-order valence-corrected chi connectivity index (χ4v) is 3.14. The van der Waals surface area contributed by atoms with Gasteiger partial charge >= 0.3 is 0 Å². The first-order chi connectivity index (χ1) is 9.96. The summed E-state index contributed by atoms with van der Waals surface area (Å²) in [6.07, 6.45) is 4.15. The van der Waals surface area contributed by atoms with Crippen molar-refractivity contribution in [3.63, 3.8) is 0 Å². The van der Waals surface area contributed by atoms with Gasteiger partial charge < -0.3 is 11.1 Å². The van der Waals surface area contributed by atoms with E-state index in [1.165, 1.54) is 22.5 Å². The average Bonchev–Trinajstić information content (AvgIpc) is 3.05. The maximum absolute atomic E-state index is 11.9. The quantitative estimate of drug-likeness (QED) is 0.873. The topological polar surface area (TPSA) is 68.0 Å². The van der Waals surface area contributed by atoms with Gasteiger partial charge in [-0.2, -0.15) is 0 Å². The molecule has 3 N–H and O–H groups in total. The molecular weight excluding hydrogens is 350 g/mol. The van der Waals surface area contributed by atoms with Crippen LogP contribution in [0.2, 0.25) is 0 Å². The van der Waals surface area contributed by atoms with E-state index in [-0.39, 0.29) is 5.91 Å².